The van der Waals surface area contributed by atoms with Crippen molar-refractivity contribution in [2.24, 2.45) is 0 Å². The zero-order chi connectivity index (χ0) is 11.5. The molecule has 78 valence electrons. The zero-order valence-corrected chi connectivity index (χ0v) is 8.68. The van der Waals surface area contributed by atoms with Crippen LogP contribution in [0.15, 0.2) is 24.3 Å². The van der Waals surface area contributed by atoms with Crippen LogP contribution in [0, 0.1) is 0 Å². The Bertz CT molecular complexity index is 401. The van der Waals surface area contributed by atoms with Crippen molar-refractivity contribution < 1.29 is 22.2 Å². The second-order valence-electron chi connectivity index (χ2n) is 2.67. The van der Waals surface area contributed by atoms with E-state index in [1.165, 1.54) is 13.8 Å². The van der Waals surface area contributed by atoms with Crippen molar-refractivity contribution >= 4 is 21.2 Å². The van der Waals surface area contributed by atoms with E-state index in [1.807, 2.05) is 0 Å². The van der Waals surface area contributed by atoms with Gasteiger partial charge in [0.2, 0.25) is 0 Å². The highest BCUT2D eigenvalue weighted by molar-refractivity contribution is 8.02. The number of rotatable bonds is 2. The molecule has 14 heavy (non-hydrogen) atoms. The molecule has 6 heteroatoms. The normalized spacial score (nSPS) is 10.4. The van der Waals surface area contributed by atoms with Crippen LogP contribution >= 0.6 is 0 Å². The van der Waals surface area contributed by atoms with Gasteiger partial charge in [-0.2, -0.15) is 8.42 Å². The van der Waals surface area contributed by atoms with Gasteiger partial charge in [-0.25, -0.2) is 4.79 Å². The lowest BCUT2D eigenvalue weighted by Gasteiger charge is -2.02. The van der Waals surface area contributed by atoms with E-state index in [9.17, 15) is 18.0 Å². The number of carbonyl (C=O) groups excluding carboxylic acids is 2. The van der Waals surface area contributed by atoms with Gasteiger partial charge in [0.15, 0.2) is 0 Å². The van der Waals surface area contributed by atoms with Crippen LogP contribution in [0.1, 0.15) is 13.8 Å². The molecule has 0 radical (unpaired) electrons. The Morgan fingerprint density at radius 1 is 1.07 bits per heavy atom. The Labute approximate surface area is 82.2 Å². The minimum atomic E-state index is -4.55. The van der Waals surface area contributed by atoms with Crippen molar-refractivity contribution in [3.05, 3.63) is 24.3 Å². The molecule has 5 nitrogen and oxygen atoms in total. The van der Waals surface area contributed by atoms with Gasteiger partial charge in [-0.1, -0.05) is 13.2 Å². The highest BCUT2D eigenvalue weighted by Crippen LogP contribution is 2.05. The lowest BCUT2D eigenvalue weighted by molar-refractivity contribution is -0.130. The summed E-state index contributed by atoms with van der Waals surface area (Å²) in [4.78, 5) is 21.7. The van der Waals surface area contributed by atoms with Crippen molar-refractivity contribution in [2.45, 2.75) is 13.8 Å². The van der Waals surface area contributed by atoms with Crippen LogP contribution in [0.4, 0.5) is 0 Å². The van der Waals surface area contributed by atoms with E-state index >= 15 is 0 Å². The second kappa shape index (κ2) is 4.19. The molecular weight excluding hydrogens is 208 g/mol. The molecule has 0 N–H and O–H groups in total. The average Bonchev–Trinajstić information content (AvgIpc) is 2.01. The molecule has 0 aliphatic heterocycles. The van der Waals surface area contributed by atoms with Crippen molar-refractivity contribution in [3.8, 4) is 0 Å². The predicted molar refractivity (Wildman–Crippen MR) is 49.6 cm³/mol. The first kappa shape index (κ1) is 12.6. The summed E-state index contributed by atoms with van der Waals surface area (Å²) in [6.07, 6.45) is 0. The minimum absolute atomic E-state index is 0.108. The number of carbonyl (C=O) groups is 2. The monoisotopic (exact) mass is 218 g/mol. The van der Waals surface area contributed by atoms with Gasteiger partial charge < -0.3 is 4.18 Å². The minimum Gasteiger partial charge on any atom is -0.336 e. The molecule has 0 rings (SSSR count). The fraction of sp³-hybridized carbons (Fsp3) is 0.250. The molecule has 0 aromatic heterocycles. The van der Waals surface area contributed by atoms with Crippen molar-refractivity contribution in [1.82, 2.24) is 0 Å². The third-order valence-corrected chi connectivity index (χ3v) is 2.28. The van der Waals surface area contributed by atoms with E-state index in [-0.39, 0.29) is 11.1 Å². The Balaban J connectivity index is 4.86. The van der Waals surface area contributed by atoms with E-state index in [4.69, 9.17) is 0 Å². The van der Waals surface area contributed by atoms with Gasteiger partial charge in [0.05, 0.1) is 0 Å². The SMILES string of the molecule is C=C(C)C(=O)OS(=O)(=O)C(=O)C(=C)C. The zero-order valence-electron chi connectivity index (χ0n) is 7.86. The van der Waals surface area contributed by atoms with Gasteiger partial charge in [-0.05, 0) is 13.8 Å². The first-order valence-electron chi connectivity index (χ1n) is 3.52. The Kier molecular flexibility index (Phi) is 3.76. The molecule has 0 saturated heterocycles. The van der Waals surface area contributed by atoms with Gasteiger partial charge in [0.1, 0.15) is 0 Å². The van der Waals surface area contributed by atoms with E-state index < -0.39 is 21.2 Å². The Hall–Kier alpha value is -1.43. The third kappa shape index (κ3) is 3.14. The average molecular weight is 218 g/mol. The third-order valence-electron chi connectivity index (χ3n) is 1.11. The molecular formula is C8H10O5S. The Morgan fingerprint density at radius 3 is 1.79 bits per heavy atom. The summed E-state index contributed by atoms with van der Waals surface area (Å²) in [5, 5.41) is -1.31. The summed E-state index contributed by atoms with van der Waals surface area (Å²) in [6.45, 7) is 8.77. The summed E-state index contributed by atoms with van der Waals surface area (Å²) < 4.78 is 25.9. The second-order valence-corrected chi connectivity index (χ2v) is 4.12. The van der Waals surface area contributed by atoms with E-state index in [0.29, 0.717) is 0 Å². The summed E-state index contributed by atoms with van der Waals surface area (Å²) in [5.41, 5.74) is -0.331. The summed E-state index contributed by atoms with van der Waals surface area (Å²) >= 11 is 0. The molecule has 0 aromatic carbocycles. The van der Waals surface area contributed by atoms with Gasteiger partial charge in [0.25, 0.3) is 0 Å². The maximum atomic E-state index is 11.0. The van der Waals surface area contributed by atoms with Crippen LogP contribution in [-0.2, 0) is 23.9 Å². The Morgan fingerprint density at radius 2 is 1.50 bits per heavy atom. The van der Waals surface area contributed by atoms with Crippen LogP contribution in [0.2, 0.25) is 0 Å². The van der Waals surface area contributed by atoms with Gasteiger partial charge in [-0.3, -0.25) is 4.79 Å². The van der Waals surface area contributed by atoms with Crippen LogP contribution in [0.3, 0.4) is 0 Å². The molecule has 0 fully saturated rings. The molecule has 0 amide bonds. The maximum Gasteiger partial charge on any atom is 0.380 e. The standard InChI is InChI=1S/C8H10O5S/c1-5(2)7(9)13-14(11,12)8(10)6(3)4/h1,3H2,2,4H3. The van der Waals surface area contributed by atoms with Gasteiger partial charge in [0, 0.05) is 11.1 Å². The summed E-state index contributed by atoms with van der Waals surface area (Å²) in [6, 6.07) is 0. The largest absolute Gasteiger partial charge is 0.380 e. The van der Waals surface area contributed by atoms with Crippen LogP contribution < -0.4 is 0 Å². The smallest absolute Gasteiger partial charge is 0.336 e. The predicted octanol–water partition coefficient (Wildman–Crippen LogP) is 0.538. The van der Waals surface area contributed by atoms with Crippen molar-refractivity contribution in [2.75, 3.05) is 0 Å². The highest BCUT2D eigenvalue weighted by atomic mass is 32.2. The van der Waals surface area contributed by atoms with Crippen LogP contribution in [0.25, 0.3) is 0 Å². The molecule has 0 bridgehead atoms. The lowest BCUT2D eigenvalue weighted by Crippen LogP contribution is -2.22. The number of hydrogen-bond donors (Lipinski definition) is 0. The van der Waals surface area contributed by atoms with Gasteiger partial charge in [-0.15, -0.1) is 0 Å². The lowest BCUT2D eigenvalue weighted by atomic mass is 10.4. The molecule has 0 heterocycles. The highest BCUT2D eigenvalue weighted by Gasteiger charge is 2.27. The molecule has 0 saturated carbocycles. The van der Waals surface area contributed by atoms with Crippen LogP contribution in [0.5, 0.6) is 0 Å². The quantitative estimate of drug-likeness (QED) is 0.499. The first-order valence-corrected chi connectivity index (χ1v) is 4.93. The fourth-order valence-corrected chi connectivity index (χ4v) is 1.27. The summed E-state index contributed by atoms with van der Waals surface area (Å²) in [7, 11) is -4.55. The molecule has 0 aliphatic rings. The maximum absolute atomic E-state index is 11.0. The molecule has 0 aromatic rings. The molecule has 0 unspecified atom stereocenters. The van der Waals surface area contributed by atoms with E-state index in [2.05, 4.69) is 17.3 Å². The fourth-order valence-electron chi connectivity index (χ4n) is 0.422. The number of hydrogen-bond acceptors (Lipinski definition) is 5. The van der Waals surface area contributed by atoms with Crippen LogP contribution in [-0.4, -0.2) is 19.5 Å². The molecule has 0 atom stereocenters. The molecule has 0 aliphatic carbocycles. The van der Waals surface area contributed by atoms with Gasteiger partial charge >= 0.3 is 21.2 Å². The van der Waals surface area contributed by atoms with E-state index in [1.54, 1.807) is 0 Å². The topological polar surface area (TPSA) is 77.5 Å². The van der Waals surface area contributed by atoms with E-state index in [0.717, 1.165) is 0 Å². The molecule has 0 spiro atoms. The summed E-state index contributed by atoms with van der Waals surface area (Å²) in [5.74, 6) is -1.15. The van der Waals surface area contributed by atoms with Crippen molar-refractivity contribution in [1.29, 1.82) is 0 Å². The first-order chi connectivity index (χ1) is 6.18. The van der Waals surface area contributed by atoms with Crippen molar-refractivity contribution in [3.63, 3.8) is 0 Å².